The van der Waals surface area contributed by atoms with E-state index in [2.05, 4.69) is 26.1 Å². The molecule has 0 saturated carbocycles. The van der Waals surface area contributed by atoms with Crippen molar-refractivity contribution in [1.29, 1.82) is 0 Å². The number of para-hydroxylation sites is 1. The summed E-state index contributed by atoms with van der Waals surface area (Å²) in [4.78, 5) is 37.5. The third kappa shape index (κ3) is 2.88. The Morgan fingerprint density at radius 2 is 1.79 bits per heavy atom. The largest absolute Gasteiger partial charge is 0.290 e. The van der Waals surface area contributed by atoms with E-state index >= 15 is 0 Å². The van der Waals surface area contributed by atoms with Gasteiger partial charge in [-0.15, -0.1) is 0 Å². The molecular formula is C19H16N6O3. The van der Waals surface area contributed by atoms with Crippen molar-refractivity contribution in [3.05, 3.63) is 70.3 Å². The van der Waals surface area contributed by atoms with Crippen molar-refractivity contribution in [3.8, 4) is 0 Å². The fraction of sp³-hybridized carbons (Fsp3) is 0.105. The molecule has 0 aliphatic carbocycles. The second-order valence-electron chi connectivity index (χ2n) is 6.06. The topological polar surface area (TPSA) is 122 Å². The van der Waals surface area contributed by atoms with Gasteiger partial charge in [0.1, 0.15) is 0 Å². The van der Waals surface area contributed by atoms with Crippen LogP contribution in [0.4, 0.5) is 0 Å². The minimum Gasteiger partial charge on any atom is -0.277 e. The zero-order valence-electron chi connectivity index (χ0n) is 14.9. The summed E-state index contributed by atoms with van der Waals surface area (Å²) in [6.07, 6.45) is 1.61. The number of carbonyl (C=O) groups excluding carboxylic acids is 2. The van der Waals surface area contributed by atoms with Crippen LogP contribution in [0.1, 0.15) is 27.8 Å². The van der Waals surface area contributed by atoms with Gasteiger partial charge in [0, 0.05) is 17.3 Å². The highest BCUT2D eigenvalue weighted by Gasteiger charge is 2.18. The van der Waals surface area contributed by atoms with Crippen molar-refractivity contribution < 1.29 is 9.59 Å². The summed E-state index contributed by atoms with van der Waals surface area (Å²) >= 11 is 0. The first kappa shape index (κ1) is 17.4. The second kappa shape index (κ2) is 6.95. The number of carbonyl (C=O) groups is 2. The fourth-order valence-electron chi connectivity index (χ4n) is 3.02. The molecule has 2 amide bonds. The molecule has 0 unspecified atom stereocenters. The summed E-state index contributed by atoms with van der Waals surface area (Å²) in [5.74, 6) is -1.13. The van der Waals surface area contributed by atoms with Crippen LogP contribution in [-0.2, 0) is 6.54 Å². The van der Waals surface area contributed by atoms with Crippen molar-refractivity contribution in [1.82, 2.24) is 30.8 Å². The highest BCUT2D eigenvalue weighted by atomic mass is 16.2. The molecule has 2 heterocycles. The van der Waals surface area contributed by atoms with E-state index in [9.17, 15) is 14.4 Å². The van der Waals surface area contributed by atoms with Gasteiger partial charge in [-0.25, -0.2) is 4.68 Å². The normalized spacial score (nSPS) is 10.9. The van der Waals surface area contributed by atoms with Gasteiger partial charge in [0.25, 0.3) is 17.4 Å². The van der Waals surface area contributed by atoms with Crippen LogP contribution in [0.25, 0.3) is 21.7 Å². The first-order valence-corrected chi connectivity index (χ1v) is 8.62. The highest BCUT2D eigenvalue weighted by Crippen LogP contribution is 2.15. The molecular weight excluding hydrogens is 360 g/mol. The Labute approximate surface area is 158 Å². The van der Waals surface area contributed by atoms with E-state index in [-0.39, 0.29) is 11.3 Å². The second-order valence-corrected chi connectivity index (χ2v) is 6.06. The van der Waals surface area contributed by atoms with Crippen LogP contribution in [0.3, 0.4) is 0 Å². The number of aryl methyl sites for hydroxylation is 1. The van der Waals surface area contributed by atoms with Crippen LogP contribution in [0.15, 0.2) is 53.5 Å². The van der Waals surface area contributed by atoms with Gasteiger partial charge < -0.3 is 0 Å². The van der Waals surface area contributed by atoms with Crippen LogP contribution in [0, 0.1) is 0 Å². The van der Waals surface area contributed by atoms with Crippen molar-refractivity contribution in [2.24, 2.45) is 0 Å². The Kier molecular flexibility index (Phi) is 4.32. The Hall–Kier alpha value is -4.01. The zero-order valence-corrected chi connectivity index (χ0v) is 14.9. The molecule has 28 heavy (non-hydrogen) atoms. The fourth-order valence-corrected chi connectivity index (χ4v) is 3.02. The van der Waals surface area contributed by atoms with Crippen LogP contribution in [-0.4, -0.2) is 31.8 Å². The number of hydrogen-bond acceptors (Lipinski definition) is 5. The lowest BCUT2D eigenvalue weighted by Gasteiger charge is -2.11. The molecule has 0 aliphatic heterocycles. The molecule has 0 saturated heterocycles. The summed E-state index contributed by atoms with van der Waals surface area (Å²) in [5, 5.41) is 12.4. The molecule has 2 aromatic heterocycles. The van der Waals surface area contributed by atoms with E-state index in [1.54, 1.807) is 49.5 Å². The molecule has 0 aliphatic rings. The molecule has 0 fully saturated rings. The quantitative estimate of drug-likeness (QED) is 0.466. The summed E-state index contributed by atoms with van der Waals surface area (Å²) in [6.45, 7) is 2.08. The van der Waals surface area contributed by atoms with Crippen LogP contribution >= 0.6 is 0 Å². The Balaban J connectivity index is 1.62. The third-order valence-corrected chi connectivity index (χ3v) is 4.39. The number of aromatic amines is 1. The van der Waals surface area contributed by atoms with E-state index in [1.807, 2.05) is 6.07 Å². The van der Waals surface area contributed by atoms with Crippen molar-refractivity contribution in [3.63, 3.8) is 0 Å². The summed E-state index contributed by atoms with van der Waals surface area (Å²) in [7, 11) is 0. The monoisotopic (exact) mass is 376 g/mol. The number of fused-ring (bicyclic) bond motifs is 2. The van der Waals surface area contributed by atoms with Gasteiger partial charge in [0.15, 0.2) is 5.69 Å². The molecule has 2 aromatic carbocycles. The Morgan fingerprint density at radius 1 is 1.04 bits per heavy atom. The van der Waals surface area contributed by atoms with Crippen LogP contribution in [0.2, 0.25) is 0 Å². The number of rotatable bonds is 3. The smallest absolute Gasteiger partial charge is 0.277 e. The maximum Gasteiger partial charge on any atom is 0.290 e. The van der Waals surface area contributed by atoms with E-state index in [0.717, 1.165) is 5.39 Å². The summed E-state index contributed by atoms with van der Waals surface area (Å²) in [5.41, 5.74) is 5.43. The SMILES string of the molecule is CCn1nc(C(=O)NNC(=O)c2cccc3cn[nH]c23)c2ccccc2c1=O. The molecule has 9 heteroatoms. The maximum atomic E-state index is 12.7. The number of nitrogens with one attached hydrogen (secondary N) is 3. The first-order chi connectivity index (χ1) is 13.6. The number of aromatic nitrogens is 4. The van der Waals surface area contributed by atoms with Gasteiger partial charge in [-0.3, -0.25) is 30.3 Å². The number of amides is 2. The lowest BCUT2D eigenvalue weighted by molar-refractivity contribution is 0.0844. The maximum absolute atomic E-state index is 12.7. The molecule has 0 atom stereocenters. The first-order valence-electron chi connectivity index (χ1n) is 8.62. The van der Waals surface area contributed by atoms with Gasteiger partial charge >= 0.3 is 0 Å². The Morgan fingerprint density at radius 3 is 2.57 bits per heavy atom. The van der Waals surface area contributed by atoms with Crippen molar-refractivity contribution >= 4 is 33.5 Å². The average molecular weight is 376 g/mol. The highest BCUT2D eigenvalue weighted by molar-refractivity contribution is 6.08. The van der Waals surface area contributed by atoms with Gasteiger partial charge in [-0.1, -0.05) is 30.3 Å². The predicted octanol–water partition coefficient (Wildman–Crippen LogP) is 1.37. The minimum absolute atomic E-state index is 0.0529. The zero-order chi connectivity index (χ0) is 19.7. The third-order valence-electron chi connectivity index (χ3n) is 4.39. The van der Waals surface area contributed by atoms with E-state index < -0.39 is 11.8 Å². The molecule has 140 valence electrons. The lowest BCUT2D eigenvalue weighted by Crippen LogP contribution is -2.42. The molecule has 9 nitrogen and oxygen atoms in total. The number of benzene rings is 2. The predicted molar refractivity (Wildman–Crippen MR) is 103 cm³/mol. The van der Waals surface area contributed by atoms with Crippen molar-refractivity contribution in [2.75, 3.05) is 0 Å². The standard InChI is InChI=1S/C19H16N6O3/c1-2-25-19(28)13-8-4-3-7-12(13)16(24-25)18(27)23-22-17(26)14-9-5-6-11-10-20-21-15(11)14/h3-10H,2H2,1H3,(H,20,21)(H,22,26)(H,23,27). The number of hydrogen-bond donors (Lipinski definition) is 3. The van der Waals surface area contributed by atoms with Crippen molar-refractivity contribution in [2.45, 2.75) is 13.5 Å². The number of H-pyrrole nitrogens is 1. The molecule has 3 N–H and O–H groups in total. The van der Waals surface area contributed by atoms with E-state index in [4.69, 9.17) is 0 Å². The molecule has 4 aromatic rings. The van der Waals surface area contributed by atoms with Gasteiger partial charge in [-0.05, 0) is 19.1 Å². The van der Waals surface area contributed by atoms with E-state index in [0.29, 0.717) is 28.4 Å². The van der Waals surface area contributed by atoms with Gasteiger partial charge in [-0.2, -0.15) is 10.2 Å². The Bertz CT molecular complexity index is 1270. The molecule has 0 spiro atoms. The number of hydrazine groups is 1. The summed E-state index contributed by atoms with van der Waals surface area (Å²) < 4.78 is 1.21. The van der Waals surface area contributed by atoms with Gasteiger partial charge in [0.05, 0.1) is 22.7 Å². The molecule has 0 radical (unpaired) electrons. The average Bonchev–Trinajstić information content (AvgIpc) is 3.21. The summed E-state index contributed by atoms with van der Waals surface area (Å²) in [6, 6.07) is 11.9. The van der Waals surface area contributed by atoms with Crippen LogP contribution in [0.5, 0.6) is 0 Å². The minimum atomic E-state index is -0.622. The molecule has 0 bridgehead atoms. The lowest BCUT2D eigenvalue weighted by atomic mass is 10.1. The number of nitrogens with zero attached hydrogens (tertiary/aromatic N) is 3. The van der Waals surface area contributed by atoms with Crippen LogP contribution < -0.4 is 16.4 Å². The van der Waals surface area contributed by atoms with Gasteiger partial charge in [0.2, 0.25) is 0 Å². The molecule has 4 rings (SSSR count). The van der Waals surface area contributed by atoms with E-state index in [1.165, 1.54) is 4.68 Å².